The molecule has 0 rings (SSSR count). The molecule has 0 amide bonds. The van der Waals surface area contributed by atoms with Gasteiger partial charge in [0, 0.05) is 0 Å². The Bertz CT molecular complexity index is 10.8. The minimum Gasteiger partial charge on any atom is -0.254 e. The minimum atomic E-state index is -3.19. The van der Waals surface area contributed by atoms with Crippen molar-refractivity contribution in [3.63, 3.8) is 0 Å². The van der Waals surface area contributed by atoms with E-state index in [2.05, 4.69) is 12.1 Å². The molecule has 0 fully saturated rings. The van der Waals surface area contributed by atoms with Crippen molar-refractivity contribution in [1.29, 1.82) is 0 Å². The maximum absolute atomic E-state index is 10.3. The Morgan fingerprint density at radius 2 is 1.50 bits per heavy atom. The molecule has 0 bridgehead atoms. The maximum atomic E-state index is 10.3. The SMILES string of the molecule is F[Si](F)S. The van der Waals surface area contributed by atoms with Gasteiger partial charge in [0.25, 0.3) is 0 Å². The van der Waals surface area contributed by atoms with Gasteiger partial charge in [-0.2, -0.15) is 0 Å². The number of halogens is 2. The minimum absolute atomic E-state index is 2.73. The van der Waals surface area contributed by atoms with Crippen molar-refractivity contribution in [3.05, 3.63) is 0 Å². The number of rotatable bonds is 0. The van der Waals surface area contributed by atoms with Crippen LogP contribution in [0.4, 0.5) is 8.22 Å². The Balaban J connectivity index is 2.32. The van der Waals surface area contributed by atoms with Crippen molar-refractivity contribution in [3.8, 4) is 0 Å². The van der Waals surface area contributed by atoms with Gasteiger partial charge in [0.15, 0.2) is 0 Å². The van der Waals surface area contributed by atoms with Crippen molar-refractivity contribution in [2.75, 3.05) is 0 Å². The summed E-state index contributed by atoms with van der Waals surface area (Å²) in [5, 5.41) is 0. The normalized spacial score (nSPS) is 9.00. The van der Waals surface area contributed by atoms with E-state index in [1.54, 1.807) is 0 Å². The van der Waals surface area contributed by atoms with E-state index >= 15 is 0 Å². The van der Waals surface area contributed by atoms with Gasteiger partial charge in [-0.25, -0.2) is 0 Å². The fraction of sp³-hybridized carbons (Fsp3) is 0. The van der Waals surface area contributed by atoms with E-state index in [1.165, 1.54) is 0 Å². The van der Waals surface area contributed by atoms with E-state index in [0.29, 0.717) is 0 Å². The van der Waals surface area contributed by atoms with Crippen molar-refractivity contribution < 1.29 is 8.22 Å². The summed E-state index contributed by atoms with van der Waals surface area (Å²) in [7, 11) is -3.19. The molecule has 0 aromatic heterocycles. The van der Waals surface area contributed by atoms with Gasteiger partial charge < -0.3 is 0 Å². The Labute approximate surface area is 29.8 Å². The van der Waals surface area contributed by atoms with Crippen molar-refractivity contribution in [2.45, 2.75) is 0 Å². The standard InChI is InChI=1S/F2HSSi/c1-4(2)3/h3H. The van der Waals surface area contributed by atoms with E-state index < -0.39 is 8.61 Å². The fourth-order valence-electron chi connectivity index (χ4n) is 0. The predicted molar refractivity (Wildman–Crippen MR) is 17.0 cm³/mol. The molecule has 0 aliphatic carbocycles. The topological polar surface area (TPSA) is 0 Å². The van der Waals surface area contributed by atoms with Crippen LogP contribution in [0.2, 0.25) is 0 Å². The molecule has 0 nitrogen and oxygen atoms in total. The molecule has 0 aromatic rings. The van der Waals surface area contributed by atoms with Gasteiger partial charge in [-0.3, -0.25) is 8.22 Å². The second kappa shape index (κ2) is 1.72. The third kappa shape index (κ3) is 27.1. The lowest BCUT2D eigenvalue weighted by molar-refractivity contribution is 0.702. The highest BCUT2D eigenvalue weighted by Gasteiger charge is 1.94. The van der Waals surface area contributed by atoms with E-state index in [0.717, 1.165) is 0 Å². The smallest absolute Gasteiger partial charge is 0.254 e. The monoisotopic (exact) mass is 99.0 g/mol. The summed E-state index contributed by atoms with van der Waals surface area (Å²) in [5.74, 6) is 0. The molecule has 25 valence electrons. The third-order valence-corrected chi connectivity index (χ3v) is 0. The first-order valence-electron chi connectivity index (χ1n) is 0.602. The summed E-state index contributed by atoms with van der Waals surface area (Å²) < 4.78 is 20.6. The van der Waals surface area contributed by atoms with E-state index in [4.69, 9.17) is 0 Å². The van der Waals surface area contributed by atoms with Crippen LogP contribution in [0.1, 0.15) is 0 Å². The number of hydrogen-bond acceptors (Lipinski definition) is 1. The summed E-state index contributed by atoms with van der Waals surface area (Å²) in [6.45, 7) is 0. The summed E-state index contributed by atoms with van der Waals surface area (Å²) in [6, 6.07) is 0. The quantitative estimate of drug-likeness (QED) is 0.260. The Hall–Kier alpha value is 0.427. The fourth-order valence-corrected chi connectivity index (χ4v) is 0. The van der Waals surface area contributed by atoms with Gasteiger partial charge in [-0.15, -0.1) is 12.1 Å². The van der Waals surface area contributed by atoms with Crippen molar-refractivity contribution in [1.82, 2.24) is 0 Å². The molecule has 0 heterocycles. The largest absolute Gasteiger partial charge is 0.543 e. The van der Waals surface area contributed by atoms with Crippen LogP contribution in [0.3, 0.4) is 0 Å². The Morgan fingerprint density at radius 3 is 1.50 bits per heavy atom. The van der Waals surface area contributed by atoms with Gasteiger partial charge in [0.2, 0.25) is 0 Å². The van der Waals surface area contributed by atoms with Crippen LogP contribution in [0.5, 0.6) is 0 Å². The summed E-state index contributed by atoms with van der Waals surface area (Å²) >= 11 is 2.73. The molecule has 0 aliphatic heterocycles. The first-order valence-corrected chi connectivity index (χ1v) is 3.15. The van der Waals surface area contributed by atoms with Gasteiger partial charge in [0.1, 0.15) is 0 Å². The van der Waals surface area contributed by atoms with Crippen LogP contribution in [0, 0.1) is 0 Å². The molecule has 0 atom stereocenters. The molecule has 0 unspecified atom stereocenters. The van der Waals surface area contributed by atoms with Crippen LogP contribution >= 0.6 is 12.1 Å². The van der Waals surface area contributed by atoms with Gasteiger partial charge in [-0.1, -0.05) is 0 Å². The summed E-state index contributed by atoms with van der Waals surface area (Å²) in [6.07, 6.45) is 0. The lowest BCUT2D eigenvalue weighted by atomic mass is 18.8. The van der Waals surface area contributed by atoms with E-state index in [9.17, 15) is 8.22 Å². The average Bonchev–Trinajstić information content (AvgIpc) is 0.811. The zero-order chi connectivity index (χ0) is 3.58. The predicted octanol–water partition coefficient (Wildman–Crippen LogP) is 0.840. The lowest BCUT2D eigenvalue weighted by Crippen LogP contribution is -1.73. The van der Waals surface area contributed by atoms with Crippen LogP contribution in [-0.2, 0) is 0 Å². The van der Waals surface area contributed by atoms with Crippen LogP contribution < -0.4 is 0 Å². The molecule has 1 radical (unpaired) electrons. The van der Waals surface area contributed by atoms with Crippen LogP contribution in [0.25, 0.3) is 0 Å². The van der Waals surface area contributed by atoms with Crippen molar-refractivity contribution in [2.24, 2.45) is 0 Å². The Morgan fingerprint density at radius 1 is 1.50 bits per heavy atom. The highest BCUT2D eigenvalue weighted by atomic mass is 32.3. The molecule has 0 saturated carbocycles. The van der Waals surface area contributed by atoms with Gasteiger partial charge in [0.05, 0.1) is 0 Å². The van der Waals surface area contributed by atoms with E-state index in [1.807, 2.05) is 0 Å². The first-order chi connectivity index (χ1) is 1.73. The second-order valence-corrected chi connectivity index (χ2v) is 1.74. The zero-order valence-electron chi connectivity index (χ0n) is 1.70. The zero-order valence-corrected chi connectivity index (χ0v) is 3.60. The summed E-state index contributed by atoms with van der Waals surface area (Å²) in [5.41, 5.74) is 0. The molecule has 0 aromatic carbocycles. The molecule has 4 heavy (non-hydrogen) atoms. The highest BCUT2D eigenvalue weighted by Crippen LogP contribution is 1.85. The van der Waals surface area contributed by atoms with Crippen LogP contribution in [0.15, 0.2) is 0 Å². The Kier molecular flexibility index (Phi) is 1.90. The molecule has 0 spiro atoms. The molecule has 4 heteroatoms. The molecular formula is HF2SSi. The summed E-state index contributed by atoms with van der Waals surface area (Å²) in [4.78, 5) is 0. The first kappa shape index (κ1) is 4.43. The van der Waals surface area contributed by atoms with Crippen LogP contribution in [-0.4, -0.2) is 8.61 Å². The third-order valence-electron chi connectivity index (χ3n) is 0. The number of thiol groups is 1. The highest BCUT2D eigenvalue weighted by molar-refractivity contribution is 8.08. The molecule has 0 aliphatic rings. The van der Waals surface area contributed by atoms with Gasteiger partial charge in [-0.05, 0) is 0 Å². The van der Waals surface area contributed by atoms with E-state index in [-0.39, 0.29) is 0 Å². The maximum Gasteiger partial charge on any atom is 0.543 e. The average molecular weight is 99.2 g/mol. The lowest BCUT2D eigenvalue weighted by Gasteiger charge is -1.61. The molecular weight excluding hydrogens is 98.1 g/mol. The van der Waals surface area contributed by atoms with Crippen molar-refractivity contribution >= 4 is 20.7 Å². The molecule has 0 saturated heterocycles. The second-order valence-electron chi connectivity index (χ2n) is 0.240. The molecule has 0 N–H and O–H groups in total. The number of hydrogen-bond donors (Lipinski definition) is 1. The van der Waals surface area contributed by atoms with Gasteiger partial charge >= 0.3 is 8.61 Å².